The molecule has 1 fully saturated rings. The molecule has 1 amide bonds. The van der Waals surface area contributed by atoms with E-state index >= 15 is 0 Å². The van der Waals surface area contributed by atoms with E-state index in [1.807, 2.05) is 49.5 Å². The zero-order valence-corrected chi connectivity index (χ0v) is 20.0. The third-order valence-corrected chi connectivity index (χ3v) is 8.06. The molecular weight excluding hydrogens is 438 g/mol. The van der Waals surface area contributed by atoms with Crippen LogP contribution in [0.4, 0.5) is 0 Å². The van der Waals surface area contributed by atoms with Gasteiger partial charge in [-0.05, 0) is 57.0 Å². The highest BCUT2D eigenvalue weighted by Gasteiger charge is 2.33. The van der Waals surface area contributed by atoms with Crippen LogP contribution < -0.4 is 10.1 Å². The van der Waals surface area contributed by atoms with Crippen molar-refractivity contribution in [3.05, 3.63) is 60.3 Å². The number of ether oxygens (including phenoxy) is 1. The second kappa shape index (κ2) is 9.97. The zero-order valence-electron chi connectivity index (χ0n) is 19.2. The van der Waals surface area contributed by atoms with Crippen molar-refractivity contribution in [1.82, 2.24) is 14.2 Å². The maximum Gasteiger partial charge on any atom is 0.243 e. The molecular formula is C25H31N3O4S. The number of rotatable bonds is 8. The van der Waals surface area contributed by atoms with E-state index in [0.717, 1.165) is 28.8 Å². The number of nitrogens with one attached hydrogen (secondary N) is 1. The SMILES string of the molecule is CCOc1ccccc1CNC(=O)C1CCCN(S(=O)(=O)c2ccc3c(ccn3CC)c2)C1. The molecule has 3 aromatic rings. The van der Waals surface area contributed by atoms with Crippen molar-refractivity contribution >= 4 is 26.8 Å². The normalized spacial score (nSPS) is 17.2. The van der Waals surface area contributed by atoms with Crippen molar-refractivity contribution in [1.29, 1.82) is 0 Å². The quantitative estimate of drug-likeness (QED) is 0.545. The Labute approximate surface area is 195 Å². The summed E-state index contributed by atoms with van der Waals surface area (Å²) in [5.41, 5.74) is 1.92. The average molecular weight is 470 g/mol. The Hall–Kier alpha value is -2.84. The van der Waals surface area contributed by atoms with Gasteiger partial charge in [0.25, 0.3) is 0 Å². The van der Waals surface area contributed by atoms with Crippen LogP contribution >= 0.6 is 0 Å². The number of hydrogen-bond acceptors (Lipinski definition) is 4. The summed E-state index contributed by atoms with van der Waals surface area (Å²) >= 11 is 0. The van der Waals surface area contributed by atoms with Crippen LogP contribution in [0.15, 0.2) is 59.6 Å². The molecule has 2 heterocycles. The van der Waals surface area contributed by atoms with Gasteiger partial charge < -0.3 is 14.6 Å². The van der Waals surface area contributed by atoms with Gasteiger partial charge in [-0.15, -0.1) is 0 Å². The van der Waals surface area contributed by atoms with Crippen LogP contribution in [0.1, 0.15) is 32.3 Å². The van der Waals surface area contributed by atoms with E-state index in [-0.39, 0.29) is 23.3 Å². The van der Waals surface area contributed by atoms with Crippen molar-refractivity contribution in [3.8, 4) is 5.75 Å². The van der Waals surface area contributed by atoms with Gasteiger partial charge in [-0.25, -0.2) is 8.42 Å². The zero-order chi connectivity index (χ0) is 23.4. The number of carbonyl (C=O) groups excluding carboxylic acids is 1. The van der Waals surface area contributed by atoms with E-state index < -0.39 is 10.0 Å². The molecule has 0 saturated carbocycles. The predicted molar refractivity (Wildman–Crippen MR) is 129 cm³/mol. The lowest BCUT2D eigenvalue weighted by atomic mass is 9.98. The summed E-state index contributed by atoms with van der Waals surface area (Å²) in [5, 5.41) is 3.87. The Morgan fingerprint density at radius 1 is 1.15 bits per heavy atom. The summed E-state index contributed by atoms with van der Waals surface area (Å²) in [6, 6.07) is 14.8. The minimum absolute atomic E-state index is 0.128. The minimum Gasteiger partial charge on any atom is -0.494 e. The van der Waals surface area contributed by atoms with Crippen molar-refractivity contribution in [2.45, 2.75) is 44.7 Å². The van der Waals surface area contributed by atoms with Crippen molar-refractivity contribution < 1.29 is 17.9 Å². The highest BCUT2D eigenvalue weighted by atomic mass is 32.2. The van der Waals surface area contributed by atoms with Crippen LogP contribution in [0, 0.1) is 5.92 Å². The van der Waals surface area contributed by atoms with E-state index in [1.54, 1.807) is 12.1 Å². The Bertz CT molecular complexity index is 1240. The fraction of sp³-hybridized carbons (Fsp3) is 0.400. The molecule has 1 aromatic heterocycles. The molecule has 0 spiro atoms. The molecule has 7 nitrogen and oxygen atoms in total. The number of carbonyl (C=O) groups is 1. The Balaban J connectivity index is 1.45. The molecule has 0 aliphatic carbocycles. The molecule has 8 heteroatoms. The second-order valence-electron chi connectivity index (χ2n) is 8.28. The van der Waals surface area contributed by atoms with Gasteiger partial charge in [0, 0.05) is 48.8 Å². The Morgan fingerprint density at radius 3 is 2.76 bits per heavy atom. The van der Waals surface area contributed by atoms with Gasteiger partial charge in [-0.1, -0.05) is 18.2 Å². The van der Waals surface area contributed by atoms with E-state index in [1.165, 1.54) is 4.31 Å². The molecule has 1 N–H and O–H groups in total. The first-order valence-corrected chi connectivity index (χ1v) is 13.0. The summed E-state index contributed by atoms with van der Waals surface area (Å²) < 4.78 is 35.8. The van der Waals surface area contributed by atoms with Crippen molar-refractivity contribution in [2.75, 3.05) is 19.7 Å². The van der Waals surface area contributed by atoms with Crippen molar-refractivity contribution in [2.24, 2.45) is 5.92 Å². The van der Waals surface area contributed by atoms with Gasteiger partial charge in [0.15, 0.2) is 0 Å². The minimum atomic E-state index is -3.67. The summed E-state index contributed by atoms with van der Waals surface area (Å²) in [6.45, 7) is 6.32. The Morgan fingerprint density at radius 2 is 1.97 bits per heavy atom. The maximum absolute atomic E-state index is 13.3. The number of para-hydroxylation sites is 1. The third kappa shape index (κ3) is 4.91. The van der Waals surface area contributed by atoms with Crippen LogP contribution in [-0.2, 0) is 27.9 Å². The smallest absolute Gasteiger partial charge is 0.243 e. The number of benzene rings is 2. The lowest BCUT2D eigenvalue weighted by Gasteiger charge is -2.31. The molecule has 2 aromatic carbocycles. The number of nitrogens with zero attached hydrogens (tertiary/aromatic N) is 2. The molecule has 176 valence electrons. The summed E-state index contributed by atoms with van der Waals surface area (Å²) in [4.78, 5) is 13.2. The number of aryl methyl sites for hydroxylation is 1. The van der Waals surface area contributed by atoms with Crippen molar-refractivity contribution in [3.63, 3.8) is 0 Å². The van der Waals surface area contributed by atoms with E-state index in [4.69, 9.17) is 4.74 Å². The van der Waals surface area contributed by atoms with Gasteiger partial charge in [0.05, 0.1) is 17.4 Å². The molecule has 33 heavy (non-hydrogen) atoms. The van der Waals surface area contributed by atoms with Gasteiger partial charge in [0.2, 0.25) is 15.9 Å². The summed E-state index contributed by atoms with van der Waals surface area (Å²) in [5.74, 6) is 0.245. The fourth-order valence-corrected chi connectivity index (χ4v) is 5.97. The Kier molecular flexibility index (Phi) is 7.05. The molecule has 4 rings (SSSR count). The predicted octanol–water partition coefficient (Wildman–Crippen LogP) is 3.78. The molecule has 0 radical (unpaired) electrons. The molecule has 1 aliphatic rings. The fourth-order valence-electron chi connectivity index (χ4n) is 4.41. The third-order valence-electron chi connectivity index (χ3n) is 6.20. The monoisotopic (exact) mass is 469 g/mol. The van der Waals surface area contributed by atoms with Gasteiger partial charge in [-0.3, -0.25) is 4.79 Å². The second-order valence-corrected chi connectivity index (χ2v) is 10.2. The maximum atomic E-state index is 13.3. The highest BCUT2D eigenvalue weighted by Crippen LogP contribution is 2.27. The lowest BCUT2D eigenvalue weighted by Crippen LogP contribution is -2.45. The first kappa shape index (κ1) is 23.3. The standard InChI is InChI=1S/C25H31N3O4S/c1-3-27-15-13-19-16-22(11-12-23(19)27)33(30,31)28-14-7-9-21(18-28)25(29)26-17-20-8-5-6-10-24(20)32-4-2/h5-6,8,10-13,15-16,21H,3-4,7,9,14,17-18H2,1-2H3,(H,26,29). The summed E-state index contributed by atoms with van der Waals surface area (Å²) in [7, 11) is -3.67. The first-order valence-electron chi connectivity index (χ1n) is 11.5. The van der Waals surface area contributed by atoms with Crippen LogP contribution in [0.25, 0.3) is 10.9 Å². The van der Waals surface area contributed by atoms with Crippen LogP contribution in [-0.4, -0.2) is 42.9 Å². The molecule has 1 saturated heterocycles. The van der Waals surface area contributed by atoms with Gasteiger partial charge in [0.1, 0.15) is 5.75 Å². The number of hydrogen-bond donors (Lipinski definition) is 1. The van der Waals surface area contributed by atoms with Crippen LogP contribution in [0.2, 0.25) is 0 Å². The molecule has 1 unspecified atom stereocenters. The van der Waals surface area contributed by atoms with Gasteiger partial charge in [-0.2, -0.15) is 4.31 Å². The van der Waals surface area contributed by atoms with E-state index in [2.05, 4.69) is 16.8 Å². The highest BCUT2D eigenvalue weighted by molar-refractivity contribution is 7.89. The van der Waals surface area contributed by atoms with Crippen LogP contribution in [0.3, 0.4) is 0 Å². The number of amides is 1. The average Bonchev–Trinajstić information content (AvgIpc) is 3.26. The molecule has 1 atom stereocenters. The first-order chi connectivity index (χ1) is 15.9. The number of sulfonamides is 1. The lowest BCUT2D eigenvalue weighted by molar-refractivity contribution is -0.126. The number of aromatic nitrogens is 1. The summed E-state index contributed by atoms with van der Waals surface area (Å²) in [6.07, 6.45) is 3.29. The molecule has 0 bridgehead atoms. The van der Waals surface area contributed by atoms with E-state index in [9.17, 15) is 13.2 Å². The molecule has 1 aliphatic heterocycles. The number of fused-ring (bicyclic) bond motifs is 1. The van der Waals surface area contributed by atoms with E-state index in [0.29, 0.717) is 32.5 Å². The largest absolute Gasteiger partial charge is 0.494 e. The van der Waals surface area contributed by atoms with Gasteiger partial charge >= 0.3 is 0 Å². The number of piperidine rings is 1. The topological polar surface area (TPSA) is 80.6 Å². The van der Waals surface area contributed by atoms with Crippen LogP contribution in [0.5, 0.6) is 5.75 Å².